The number of para-hydroxylation sites is 2. The van der Waals surface area contributed by atoms with Crippen LogP contribution in [0.2, 0.25) is 0 Å². The number of imide groups is 2. The minimum absolute atomic E-state index is 0.133. The van der Waals surface area contributed by atoms with Gasteiger partial charge in [-0.15, -0.1) is 0 Å². The topological polar surface area (TPSA) is 75.7 Å². The molecule has 0 unspecified atom stereocenters. The lowest BCUT2D eigenvalue weighted by Crippen LogP contribution is -2.54. The van der Waals surface area contributed by atoms with Gasteiger partial charge in [0.05, 0.1) is 5.69 Å². The van der Waals surface area contributed by atoms with E-state index in [4.69, 9.17) is 4.74 Å². The van der Waals surface area contributed by atoms with Crippen LogP contribution >= 0.6 is 0 Å². The Hall–Kier alpha value is -4.19. The second-order valence-electron chi connectivity index (χ2n) is 7.25. The number of amides is 4. The van der Waals surface area contributed by atoms with E-state index in [-0.39, 0.29) is 5.57 Å². The van der Waals surface area contributed by atoms with Crippen molar-refractivity contribution in [1.82, 2.24) is 5.32 Å². The molecule has 0 radical (unpaired) electrons. The molecule has 6 nitrogen and oxygen atoms in total. The molecule has 4 amide bonds. The Kier molecular flexibility index (Phi) is 6.12. The van der Waals surface area contributed by atoms with Crippen LogP contribution < -0.4 is 15.0 Å². The molecule has 1 fully saturated rings. The molecule has 1 heterocycles. The van der Waals surface area contributed by atoms with Crippen LogP contribution in [0, 0.1) is 0 Å². The van der Waals surface area contributed by atoms with Gasteiger partial charge in [-0.05, 0) is 35.8 Å². The summed E-state index contributed by atoms with van der Waals surface area (Å²) in [6.07, 6.45) is 2.10. The Bertz CT molecular complexity index is 1200. The standard InChI is InChI=1S/C26H22N2O4/c1-2-19-12-6-8-14-22(19)28-25(30)21(24(29)27-26(28)31)16-20-13-7-9-15-23(20)32-17-18-10-4-3-5-11-18/h3-16H,2,17H2,1H3,(H,27,29,31)/b21-16-. The first-order chi connectivity index (χ1) is 15.6. The van der Waals surface area contributed by atoms with Gasteiger partial charge in [0.2, 0.25) is 0 Å². The van der Waals surface area contributed by atoms with Gasteiger partial charge in [-0.3, -0.25) is 14.9 Å². The lowest BCUT2D eigenvalue weighted by Gasteiger charge is -2.28. The van der Waals surface area contributed by atoms with E-state index in [9.17, 15) is 14.4 Å². The summed E-state index contributed by atoms with van der Waals surface area (Å²) in [4.78, 5) is 39.3. The van der Waals surface area contributed by atoms with Crippen molar-refractivity contribution in [1.29, 1.82) is 0 Å². The number of hydrogen-bond acceptors (Lipinski definition) is 4. The third-order valence-corrected chi connectivity index (χ3v) is 5.17. The number of rotatable bonds is 6. The van der Waals surface area contributed by atoms with Crippen molar-refractivity contribution in [2.24, 2.45) is 0 Å². The summed E-state index contributed by atoms with van der Waals surface area (Å²) in [5.74, 6) is -0.873. The minimum atomic E-state index is -0.758. The van der Waals surface area contributed by atoms with Crippen LogP contribution in [-0.2, 0) is 22.6 Å². The maximum Gasteiger partial charge on any atom is 0.335 e. The number of nitrogens with zero attached hydrogens (tertiary/aromatic N) is 1. The van der Waals surface area contributed by atoms with E-state index in [0.29, 0.717) is 30.0 Å². The Balaban J connectivity index is 1.67. The van der Waals surface area contributed by atoms with Gasteiger partial charge in [-0.1, -0.05) is 73.7 Å². The number of urea groups is 1. The molecule has 0 saturated carbocycles. The van der Waals surface area contributed by atoms with E-state index in [2.05, 4.69) is 5.32 Å². The lowest BCUT2D eigenvalue weighted by atomic mass is 10.0. The van der Waals surface area contributed by atoms with E-state index in [1.807, 2.05) is 55.5 Å². The molecule has 0 aromatic heterocycles. The predicted molar refractivity (Wildman–Crippen MR) is 122 cm³/mol. The number of hydrogen-bond donors (Lipinski definition) is 1. The molecular weight excluding hydrogens is 404 g/mol. The number of carbonyl (C=O) groups excluding carboxylic acids is 3. The molecule has 1 saturated heterocycles. The molecule has 160 valence electrons. The Morgan fingerprint density at radius 2 is 1.56 bits per heavy atom. The van der Waals surface area contributed by atoms with E-state index >= 15 is 0 Å². The average Bonchev–Trinajstić information content (AvgIpc) is 2.82. The van der Waals surface area contributed by atoms with Crippen LogP contribution in [0.4, 0.5) is 10.5 Å². The largest absolute Gasteiger partial charge is 0.488 e. The molecule has 1 aliphatic heterocycles. The molecular formula is C26H22N2O4. The predicted octanol–water partition coefficient (Wildman–Crippen LogP) is 4.49. The van der Waals surface area contributed by atoms with E-state index in [1.54, 1.807) is 30.3 Å². The smallest absolute Gasteiger partial charge is 0.335 e. The third kappa shape index (κ3) is 4.30. The third-order valence-electron chi connectivity index (χ3n) is 5.17. The lowest BCUT2D eigenvalue weighted by molar-refractivity contribution is -0.122. The van der Waals surface area contributed by atoms with Gasteiger partial charge < -0.3 is 4.74 Å². The molecule has 0 bridgehead atoms. The van der Waals surface area contributed by atoms with Crippen LogP contribution in [0.15, 0.2) is 84.4 Å². The highest BCUT2D eigenvalue weighted by molar-refractivity contribution is 6.39. The van der Waals surface area contributed by atoms with E-state index in [1.165, 1.54) is 6.08 Å². The molecule has 0 spiro atoms. The van der Waals surface area contributed by atoms with Gasteiger partial charge in [-0.25, -0.2) is 9.69 Å². The van der Waals surface area contributed by atoms with E-state index < -0.39 is 17.8 Å². The van der Waals surface area contributed by atoms with Crippen molar-refractivity contribution in [2.75, 3.05) is 4.90 Å². The Morgan fingerprint density at radius 1 is 0.875 bits per heavy atom. The van der Waals surface area contributed by atoms with Gasteiger partial charge >= 0.3 is 6.03 Å². The van der Waals surface area contributed by atoms with Crippen molar-refractivity contribution in [3.8, 4) is 5.75 Å². The summed E-state index contributed by atoms with van der Waals surface area (Å²) in [5, 5.41) is 2.28. The zero-order valence-electron chi connectivity index (χ0n) is 17.6. The maximum atomic E-state index is 13.2. The van der Waals surface area contributed by atoms with Crippen LogP contribution in [0.5, 0.6) is 5.75 Å². The molecule has 1 N–H and O–H groups in total. The molecule has 1 aliphatic rings. The summed E-state index contributed by atoms with van der Waals surface area (Å²) < 4.78 is 5.94. The van der Waals surface area contributed by atoms with Crippen molar-refractivity contribution < 1.29 is 19.1 Å². The molecule has 3 aromatic carbocycles. The molecule has 0 aliphatic carbocycles. The number of barbiturate groups is 1. The van der Waals surface area contributed by atoms with Crippen LogP contribution in [-0.4, -0.2) is 17.8 Å². The number of carbonyl (C=O) groups is 3. The highest BCUT2D eigenvalue weighted by atomic mass is 16.5. The zero-order chi connectivity index (χ0) is 22.5. The van der Waals surface area contributed by atoms with Crippen LogP contribution in [0.1, 0.15) is 23.6 Å². The minimum Gasteiger partial charge on any atom is -0.488 e. The van der Waals surface area contributed by atoms with Crippen molar-refractivity contribution >= 4 is 29.6 Å². The summed E-state index contributed by atoms with van der Waals surface area (Å²) >= 11 is 0. The molecule has 0 atom stereocenters. The second kappa shape index (κ2) is 9.31. The Morgan fingerprint density at radius 3 is 2.34 bits per heavy atom. The first-order valence-electron chi connectivity index (χ1n) is 10.3. The van der Waals surface area contributed by atoms with Gasteiger partial charge in [0.25, 0.3) is 11.8 Å². The first kappa shape index (κ1) is 21.1. The van der Waals surface area contributed by atoms with E-state index in [0.717, 1.165) is 16.0 Å². The van der Waals surface area contributed by atoms with Gasteiger partial charge in [-0.2, -0.15) is 0 Å². The summed E-state index contributed by atoms with van der Waals surface area (Å²) in [7, 11) is 0. The van der Waals surface area contributed by atoms with Crippen molar-refractivity contribution in [3.05, 3.63) is 101 Å². The molecule has 6 heteroatoms. The summed E-state index contributed by atoms with van der Waals surface area (Å²) in [5.41, 5.74) is 2.72. The second-order valence-corrected chi connectivity index (χ2v) is 7.25. The highest BCUT2D eigenvalue weighted by Gasteiger charge is 2.37. The monoisotopic (exact) mass is 426 g/mol. The maximum absolute atomic E-state index is 13.2. The van der Waals surface area contributed by atoms with Crippen LogP contribution in [0.25, 0.3) is 6.08 Å². The first-order valence-corrected chi connectivity index (χ1v) is 10.3. The Labute approximate surface area is 186 Å². The summed E-state index contributed by atoms with van der Waals surface area (Å²) in [6.45, 7) is 2.28. The zero-order valence-corrected chi connectivity index (χ0v) is 17.6. The number of aryl methyl sites for hydroxylation is 1. The van der Waals surface area contributed by atoms with Crippen molar-refractivity contribution in [3.63, 3.8) is 0 Å². The fraction of sp³-hybridized carbons (Fsp3) is 0.115. The van der Waals surface area contributed by atoms with Crippen LogP contribution in [0.3, 0.4) is 0 Å². The quantitative estimate of drug-likeness (QED) is 0.465. The normalized spacial score (nSPS) is 15.1. The number of anilines is 1. The van der Waals surface area contributed by atoms with Gasteiger partial charge in [0.15, 0.2) is 0 Å². The van der Waals surface area contributed by atoms with Gasteiger partial charge in [0, 0.05) is 5.56 Å². The molecule has 3 aromatic rings. The number of benzene rings is 3. The molecule has 4 rings (SSSR count). The van der Waals surface area contributed by atoms with Crippen molar-refractivity contribution in [2.45, 2.75) is 20.0 Å². The number of nitrogens with one attached hydrogen (secondary N) is 1. The fourth-order valence-corrected chi connectivity index (χ4v) is 3.53. The number of ether oxygens (including phenoxy) is 1. The summed E-state index contributed by atoms with van der Waals surface area (Å²) in [6, 6.07) is 23.2. The average molecular weight is 426 g/mol. The molecule has 32 heavy (non-hydrogen) atoms. The fourth-order valence-electron chi connectivity index (χ4n) is 3.53. The van der Waals surface area contributed by atoms with Gasteiger partial charge in [0.1, 0.15) is 17.9 Å². The highest BCUT2D eigenvalue weighted by Crippen LogP contribution is 2.28. The SMILES string of the molecule is CCc1ccccc1N1C(=O)NC(=O)/C(=C/c2ccccc2OCc2ccccc2)C1=O.